The summed E-state index contributed by atoms with van der Waals surface area (Å²) in [7, 11) is 0. The van der Waals surface area contributed by atoms with E-state index in [0.29, 0.717) is 0 Å². The van der Waals surface area contributed by atoms with E-state index in [4.69, 9.17) is 0 Å². The average Bonchev–Trinajstić information content (AvgIpc) is 2.21. The summed E-state index contributed by atoms with van der Waals surface area (Å²) in [5.41, 5.74) is 3.01. The Bertz CT molecular complexity index is 377. The number of aromatic nitrogens is 2. The Morgan fingerprint density at radius 3 is 2.07 bits per heavy atom. The molecule has 2 rings (SSSR count). The first kappa shape index (κ1) is 9.58. The van der Waals surface area contributed by atoms with E-state index >= 15 is 0 Å². The molecule has 0 bridgehead atoms. The van der Waals surface area contributed by atoms with Crippen LogP contribution in [-0.2, 0) is 0 Å². The summed E-state index contributed by atoms with van der Waals surface area (Å²) in [4.78, 5) is 8.62. The predicted molar refractivity (Wildman–Crippen MR) is 64.9 cm³/mol. The quantitative estimate of drug-likeness (QED) is 0.756. The molecule has 0 atom stereocenters. The summed E-state index contributed by atoms with van der Waals surface area (Å²) < 4.78 is 1.14. The van der Waals surface area contributed by atoms with Gasteiger partial charge < -0.3 is 0 Å². The first-order valence-electron chi connectivity index (χ1n) is 4.30. The molecule has 3 heteroatoms. The minimum atomic E-state index is 0.922. The Morgan fingerprint density at radius 2 is 1.57 bits per heavy atom. The van der Waals surface area contributed by atoms with Crippen molar-refractivity contribution >= 4 is 22.6 Å². The fourth-order valence-electron chi connectivity index (χ4n) is 1.15. The number of hydrogen-bond acceptors (Lipinski definition) is 2. The zero-order valence-electron chi connectivity index (χ0n) is 7.74. The monoisotopic (exact) mass is 296 g/mol. The molecule has 0 unspecified atom stereocenters. The molecule has 0 aromatic carbocycles. The van der Waals surface area contributed by atoms with Gasteiger partial charge in [-0.25, -0.2) is 0 Å². The van der Waals surface area contributed by atoms with E-state index in [2.05, 4.69) is 32.6 Å². The number of rotatable bonds is 1. The summed E-state index contributed by atoms with van der Waals surface area (Å²) in [6.07, 6.45) is 3.70. The number of nitrogens with zero attached hydrogens (tertiary/aromatic N) is 2. The van der Waals surface area contributed by atoms with Crippen molar-refractivity contribution < 1.29 is 0 Å². The Labute approximate surface area is 96.6 Å². The summed E-state index contributed by atoms with van der Waals surface area (Å²) in [5.74, 6) is 0. The van der Waals surface area contributed by atoms with Crippen LogP contribution in [0.25, 0.3) is 11.4 Å². The van der Waals surface area contributed by atoms with Crippen LogP contribution in [0.15, 0.2) is 36.7 Å². The molecule has 70 valence electrons. The van der Waals surface area contributed by atoms with Gasteiger partial charge in [0.05, 0.1) is 11.4 Å². The molecule has 0 spiro atoms. The second-order valence-electron chi connectivity index (χ2n) is 3.08. The molecule has 0 amide bonds. The van der Waals surface area contributed by atoms with Crippen molar-refractivity contribution in [3.8, 4) is 11.4 Å². The fourth-order valence-corrected chi connectivity index (χ4v) is 1.47. The highest BCUT2D eigenvalue weighted by molar-refractivity contribution is 14.1. The second kappa shape index (κ2) is 4.04. The van der Waals surface area contributed by atoms with Crippen LogP contribution in [0.3, 0.4) is 0 Å². The van der Waals surface area contributed by atoms with Crippen molar-refractivity contribution in [2.24, 2.45) is 0 Å². The molecular weight excluding hydrogens is 287 g/mol. The minimum Gasteiger partial charge on any atom is -0.254 e. The van der Waals surface area contributed by atoms with Crippen LogP contribution >= 0.6 is 22.6 Å². The maximum atomic E-state index is 4.31. The third-order valence-electron chi connectivity index (χ3n) is 1.90. The highest BCUT2D eigenvalue weighted by atomic mass is 127. The molecule has 2 aromatic rings. The highest BCUT2D eigenvalue weighted by Gasteiger charge is 1.99. The maximum absolute atomic E-state index is 4.31. The molecular formula is C11H9IN2. The Kier molecular flexibility index (Phi) is 2.77. The molecule has 0 aliphatic rings. The zero-order valence-corrected chi connectivity index (χ0v) is 9.89. The van der Waals surface area contributed by atoms with Crippen LogP contribution in [0.2, 0.25) is 0 Å². The smallest absolute Gasteiger partial charge is 0.0886 e. The predicted octanol–water partition coefficient (Wildman–Crippen LogP) is 3.06. The summed E-state index contributed by atoms with van der Waals surface area (Å²) >= 11 is 2.24. The van der Waals surface area contributed by atoms with Crippen LogP contribution in [0, 0.1) is 10.5 Å². The van der Waals surface area contributed by atoms with Gasteiger partial charge in [-0.2, -0.15) is 0 Å². The number of hydrogen-bond donors (Lipinski definition) is 0. The van der Waals surface area contributed by atoms with Gasteiger partial charge in [-0.15, -0.1) is 0 Å². The van der Waals surface area contributed by atoms with Crippen molar-refractivity contribution in [2.45, 2.75) is 6.92 Å². The van der Waals surface area contributed by atoms with E-state index in [1.807, 2.05) is 43.6 Å². The van der Waals surface area contributed by atoms with Crippen LogP contribution in [0.1, 0.15) is 5.56 Å². The SMILES string of the molecule is Cc1ccc(-c2ccc(I)cn2)nc1. The van der Waals surface area contributed by atoms with E-state index in [1.54, 1.807) is 0 Å². The van der Waals surface area contributed by atoms with Crippen LogP contribution in [0.4, 0.5) is 0 Å². The Morgan fingerprint density at radius 1 is 0.929 bits per heavy atom. The van der Waals surface area contributed by atoms with E-state index in [0.717, 1.165) is 15.0 Å². The van der Waals surface area contributed by atoms with E-state index < -0.39 is 0 Å². The van der Waals surface area contributed by atoms with Crippen molar-refractivity contribution in [3.05, 3.63) is 45.8 Å². The second-order valence-corrected chi connectivity index (χ2v) is 4.33. The lowest BCUT2D eigenvalue weighted by atomic mass is 10.2. The van der Waals surface area contributed by atoms with E-state index in [9.17, 15) is 0 Å². The van der Waals surface area contributed by atoms with E-state index in [1.165, 1.54) is 5.56 Å². The van der Waals surface area contributed by atoms with Crippen LogP contribution < -0.4 is 0 Å². The van der Waals surface area contributed by atoms with Gasteiger partial charge >= 0.3 is 0 Å². The number of pyridine rings is 2. The molecule has 0 N–H and O–H groups in total. The Balaban J connectivity index is 2.40. The first-order valence-corrected chi connectivity index (χ1v) is 5.38. The van der Waals surface area contributed by atoms with Gasteiger partial charge in [-0.1, -0.05) is 6.07 Å². The van der Waals surface area contributed by atoms with Gasteiger partial charge in [0.2, 0.25) is 0 Å². The molecule has 2 heterocycles. The van der Waals surface area contributed by atoms with Gasteiger partial charge in [0.25, 0.3) is 0 Å². The lowest BCUT2D eigenvalue weighted by Crippen LogP contribution is -1.87. The third-order valence-corrected chi connectivity index (χ3v) is 2.54. The van der Waals surface area contributed by atoms with Crippen molar-refractivity contribution in [3.63, 3.8) is 0 Å². The van der Waals surface area contributed by atoms with Gasteiger partial charge in [0.1, 0.15) is 0 Å². The molecule has 2 nitrogen and oxygen atoms in total. The molecule has 2 aromatic heterocycles. The molecule has 0 saturated heterocycles. The van der Waals surface area contributed by atoms with Gasteiger partial charge in [-0.3, -0.25) is 9.97 Å². The standard InChI is InChI=1S/C11H9IN2/c1-8-2-4-10(13-6-8)11-5-3-9(12)7-14-11/h2-7H,1H3. The van der Waals surface area contributed by atoms with Crippen LogP contribution in [0.5, 0.6) is 0 Å². The zero-order chi connectivity index (χ0) is 9.97. The van der Waals surface area contributed by atoms with E-state index in [-0.39, 0.29) is 0 Å². The summed E-state index contributed by atoms with van der Waals surface area (Å²) in [6, 6.07) is 8.05. The van der Waals surface area contributed by atoms with Crippen molar-refractivity contribution in [1.29, 1.82) is 0 Å². The summed E-state index contributed by atoms with van der Waals surface area (Å²) in [6.45, 7) is 2.03. The van der Waals surface area contributed by atoms with Crippen molar-refractivity contribution in [2.75, 3.05) is 0 Å². The molecule has 0 aliphatic heterocycles. The normalized spacial score (nSPS) is 10.1. The van der Waals surface area contributed by atoms with Gasteiger partial charge in [0, 0.05) is 16.0 Å². The lowest BCUT2D eigenvalue weighted by Gasteiger charge is -1.99. The van der Waals surface area contributed by atoms with Crippen LogP contribution in [-0.4, -0.2) is 9.97 Å². The molecule has 0 aliphatic carbocycles. The Hall–Kier alpha value is -0.970. The average molecular weight is 296 g/mol. The summed E-state index contributed by atoms with van der Waals surface area (Å²) in [5, 5.41) is 0. The maximum Gasteiger partial charge on any atom is 0.0886 e. The highest BCUT2D eigenvalue weighted by Crippen LogP contribution is 2.14. The molecule has 0 radical (unpaired) electrons. The fraction of sp³-hybridized carbons (Fsp3) is 0.0909. The third kappa shape index (κ3) is 2.09. The number of aryl methyl sites for hydroxylation is 1. The number of halogens is 1. The lowest BCUT2D eigenvalue weighted by molar-refractivity contribution is 1.22. The minimum absolute atomic E-state index is 0.922. The van der Waals surface area contributed by atoms with Crippen molar-refractivity contribution in [1.82, 2.24) is 9.97 Å². The topological polar surface area (TPSA) is 25.8 Å². The molecule has 0 saturated carbocycles. The molecule has 0 fully saturated rings. The van der Waals surface area contributed by atoms with Gasteiger partial charge in [-0.05, 0) is 53.3 Å². The molecule has 14 heavy (non-hydrogen) atoms. The van der Waals surface area contributed by atoms with Gasteiger partial charge in [0.15, 0.2) is 0 Å². The largest absolute Gasteiger partial charge is 0.254 e. The first-order chi connectivity index (χ1) is 6.75.